The number of thioether (sulfide) groups is 1. The van der Waals surface area contributed by atoms with Gasteiger partial charge in [0.15, 0.2) is 0 Å². The van der Waals surface area contributed by atoms with E-state index < -0.39 is 5.25 Å². The highest BCUT2D eigenvalue weighted by molar-refractivity contribution is 8.00. The maximum absolute atomic E-state index is 13.1. The number of aromatic nitrogens is 1. The van der Waals surface area contributed by atoms with Gasteiger partial charge in [-0.1, -0.05) is 23.9 Å². The summed E-state index contributed by atoms with van der Waals surface area (Å²) >= 11 is 1.30. The van der Waals surface area contributed by atoms with E-state index in [1.54, 1.807) is 31.4 Å². The first-order valence-corrected chi connectivity index (χ1v) is 8.33. The summed E-state index contributed by atoms with van der Waals surface area (Å²) in [7, 11) is 1.68. The monoisotopic (exact) mass is 345 g/mol. The maximum atomic E-state index is 13.1. The molecule has 0 spiro atoms. The van der Waals surface area contributed by atoms with Gasteiger partial charge in [0, 0.05) is 26.2 Å². The molecule has 1 N–H and O–H groups in total. The van der Waals surface area contributed by atoms with Gasteiger partial charge in [-0.25, -0.2) is 9.37 Å². The second-order valence-electron chi connectivity index (χ2n) is 5.44. The highest BCUT2D eigenvalue weighted by Gasteiger charge is 2.33. The van der Waals surface area contributed by atoms with Gasteiger partial charge in [0.1, 0.15) is 10.8 Å². The molecule has 0 saturated carbocycles. The minimum atomic E-state index is -0.509. The highest BCUT2D eigenvalue weighted by atomic mass is 32.2. The summed E-state index contributed by atoms with van der Waals surface area (Å²) in [5, 5.41) is 2.95. The Morgan fingerprint density at radius 3 is 3.00 bits per heavy atom. The summed E-state index contributed by atoms with van der Waals surface area (Å²) in [6.07, 6.45) is 1.72. The van der Waals surface area contributed by atoms with Crippen LogP contribution in [-0.4, -0.2) is 29.1 Å². The molecule has 124 valence electrons. The van der Waals surface area contributed by atoms with Crippen molar-refractivity contribution < 1.29 is 14.0 Å². The van der Waals surface area contributed by atoms with Crippen molar-refractivity contribution in [2.45, 2.75) is 23.2 Å². The van der Waals surface area contributed by atoms with E-state index in [-0.39, 0.29) is 30.6 Å². The lowest BCUT2D eigenvalue weighted by molar-refractivity contribution is -0.124. The van der Waals surface area contributed by atoms with Crippen molar-refractivity contribution in [1.29, 1.82) is 0 Å². The summed E-state index contributed by atoms with van der Waals surface area (Å²) in [4.78, 5) is 30.3. The molecule has 7 heteroatoms. The predicted molar refractivity (Wildman–Crippen MR) is 90.2 cm³/mol. The molecule has 0 bridgehead atoms. The standard InChI is InChI=1S/C17H16FN3O2S/c1-21-13-6-3-7-19-16(13)24-14(17(21)23)9-15(22)20-10-11-4-2-5-12(18)8-11/h2-8,14H,9-10H2,1H3,(H,20,22)/t14-/m0/s1. The molecule has 1 aromatic heterocycles. The topological polar surface area (TPSA) is 62.3 Å². The average Bonchev–Trinajstić information content (AvgIpc) is 2.58. The van der Waals surface area contributed by atoms with Gasteiger partial charge < -0.3 is 10.2 Å². The van der Waals surface area contributed by atoms with Gasteiger partial charge in [0.25, 0.3) is 0 Å². The number of pyridine rings is 1. The number of amides is 2. The Bertz CT molecular complexity index is 784. The lowest BCUT2D eigenvalue weighted by Crippen LogP contribution is -2.41. The van der Waals surface area contributed by atoms with Crippen LogP contribution in [0.4, 0.5) is 10.1 Å². The number of nitrogens with zero attached hydrogens (tertiary/aromatic N) is 2. The summed E-state index contributed by atoms with van der Waals surface area (Å²) in [6.45, 7) is 0.229. The Morgan fingerprint density at radius 1 is 1.38 bits per heavy atom. The fourth-order valence-electron chi connectivity index (χ4n) is 2.47. The first-order valence-electron chi connectivity index (χ1n) is 7.45. The summed E-state index contributed by atoms with van der Waals surface area (Å²) < 4.78 is 13.1. The lowest BCUT2D eigenvalue weighted by atomic mass is 10.2. The molecule has 0 fully saturated rings. The summed E-state index contributed by atoms with van der Waals surface area (Å²) in [5.41, 5.74) is 1.43. The molecule has 3 rings (SSSR count). The first kappa shape index (κ1) is 16.4. The number of carbonyl (C=O) groups is 2. The van der Waals surface area contributed by atoms with Crippen molar-refractivity contribution in [2.75, 3.05) is 11.9 Å². The summed E-state index contributed by atoms with van der Waals surface area (Å²) in [5.74, 6) is -0.719. The Labute approximate surface area is 143 Å². The second-order valence-corrected chi connectivity index (χ2v) is 6.63. The van der Waals surface area contributed by atoms with Gasteiger partial charge in [0.05, 0.1) is 10.9 Å². The van der Waals surface area contributed by atoms with Crippen LogP contribution >= 0.6 is 11.8 Å². The Kier molecular flexibility index (Phi) is 4.80. The Hall–Kier alpha value is -2.41. The molecular formula is C17H16FN3O2S. The molecule has 1 aromatic carbocycles. The van der Waals surface area contributed by atoms with E-state index in [4.69, 9.17) is 0 Å². The molecule has 0 aliphatic carbocycles. The molecule has 0 radical (unpaired) electrons. The van der Waals surface area contributed by atoms with E-state index in [1.807, 2.05) is 6.07 Å². The van der Waals surface area contributed by atoms with Crippen molar-refractivity contribution in [2.24, 2.45) is 0 Å². The summed E-state index contributed by atoms with van der Waals surface area (Å²) in [6, 6.07) is 9.65. The molecule has 0 saturated heterocycles. The first-order chi connectivity index (χ1) is 11.5. The number of anilines is 1. The molecule has 2 heterocycles. The van der Waals surface area contributed by atoms with Crippen molar-refractivity contribution in [3.05, 3.63) is 54.0 Å². The van der Waals surface area contributed by atoms with Crippen LogP contribution in [0.15, 0.2) is 47.6 Å². The number of carbonyl (C=O) groups excluding carboxylic acids is 2. The van der Waals surface area contributed by atoms with Crippen molar-refractivity contribution in [3.8, 4) is 0 Å². The molecule has 1 atom stereocenters. The van der Waals surface area contributed by atoms with Crippen LogP contribution < -0.4 is 10.2 Å². The van der Waals surface area contributed by atoms with Crippen LogP contribution in [0.1, 0.15) is 12.0 Å². The van der Waals surface area contributed by atoms with Gasteiger partial charge in [-0.05, 0) is 29.8 Å². The number of halogens is 1. The molecule has 2 aromatic rings. The largest absolute Gasteiger partial charge is 0.352 e. The zero-order valence-corrected chi connectivity index (χ0v) is 13.8. The Morgan fingerprint density at radius 2 is 2.21 bits per heavy atom. The fraction of sp³-hybridized carbons (Fsp3) is 0.235. The van der Waals surface area contributed by atoms with Crippen molar-refractivity contribution in [1.82, 2.24) is 10.3 Å². The van der Waals surface area contributed by atoms with E-state index in [9.17, 15) is 14.0 Å². The zero-order chi connectivity index (χ0) is 17.1. The van der Waals surface area contributed by atoms with Crippen molar-refractivity contribution >= 4 is 29.3 Å². The van der Waals surface area contributed by atoms with E-state index in [1.165, 1.54) is 28.8 Å². The van der Waals surface area contributed by atoms with E-state index in [0.717, 1.165) is 10.7 Å². The number of rotatable bonds is 4. The van der Waals surface area contributed by atoms with Crippen LogP contribution in [0.3, 0.4) is 0 Å². The minimum absolute atomic E-state index is 0.0547. The number of hydrogen-bond donors (Lipinski definition) is 1. The van der Waals surface area contributed by atoms with Crippen molar-refractivity contribution in [3.63, 3.8) is 0 Å². The third-order valence-electron chi connectivity index (χ3n) is 3.72. The molecule has 24 heavy (non-hydrogen) atoms. The number of nitrogens with one attached hydrogen (secondary N) is 1. The normalized spacial score (nSPS) is 16.7. The smallest absolute Gasteiger partial charge is 0.240 e. The van der Waals surface area contributed by atoms with Gasteiger partial charge in [0.2, 0.25) is 11.8 Å². The van der Waals surface area contributed by atoms with Crippen LogP contribution in [0.5, 0.6) is 0 Å². The number of hydrogen-bond acceptors (Lipinski definition) is 4. The molecule has 0 unspecified atom stereocenters. The average molecular weight is 345 g/mol. The third-order valence-corrected chi connectivity index (χ3v) is 4.91. The van der Waals surface area contributed by atoms with E-state index in [2.05, 4.69) is 10.3 Å². The van der Waals surface area contributed by atoms with Gasteiger partial charge in [-0.3, -0.25) is 9.59 Å². The maximum Gasteiger partial charge on any atom is 0.240 e. The minimum Gasteiger partial charge on any atom is -0.352 e. The molecular weight excluding hydrogens is 329 g/mol. The number of benzene rings is 1. The van der Waals surface area contributed by atoms with Crippen LogP contribution in [0, 0.1) is 5.82 Å². The number of fused-ring (bicyclic) bond motifs is 1. The quantitative estimate of drug-likeness (QED) is 0.924. The van der Waals surface area contributed by atoms with E-state index in [0.29, 0.717) is 5.56 Å². The van der Waals surface area contributed by atoms with Crippen LogP contribution in [0.2, 0.25) is 0 Å². The fourth-order valence-corrected chi connectivity index (χ4v) is 3.68. The van der Waals surface area contributed by atoms with Crippen LogP contribution in [0.25, 0.3) is 0 Å². The van der Waals surface area contributed by atoms with Gasteiger partial charge in [-0.15, -0.1) is 0 Å². The predicted octanol–water partition coefficient (Wildman–Crippen LogP) is 2.36. The molecule has 1 aliphatic rings. The third kappa shape index (κ3) is 3.56. The molecule has 5 nitrogen and oxygen atoms in total. The molecule has 1 aliphatic heterocycles. The highest BCUT2D eigenvalue weighted by Crippen LogP contribution is 2.37. The Balaban J connectivity index is 1.61. The zero-order valence-electron chi connectivity index (χ0n) is 13.0. The van der Waals surface area contributed by atoms with Crippen LogP contribution in [-0.2, 0) is 16.1 Å². The van der Waals surface area contributed by atoms with E-state index >= 15 is 0 Å². The van der Waals surface area contributed by atoms with Gasteiger partial charge in [-0.2, -0.15) is 0 Å². The lowest BCUT2D eigenvalue weighted by Gasteiger charge is -2.29. The SMILES string of the molecule is CN1C(=O)[C@H](CC(=O)NCc2cccc(F)c2)Sc2ncccc21. The van der Waals surface area contributed by atoms with Gasteiger partial charge >= 0.3 is 0 Å². The molecule has 2 amide bonds. The second kappa shape index (κ2) is 7.00.